The maximum absolute atomic E-state index is 11.9. The van der Waals surface area contributed by atoms with Crippen LogP contribution in [0.1, 0.15) is 31.4 Å². The molecule has 2 rings (SSSR count). The molecule has 1 fully saturated rings. The van der Waals surface area contributed by atoms with Crippen LogP contribution >= 0.6 is 11.8 Å². The van der Waals surface area contributed by atoms with Crippen molar-refractivity contribution in [2.75, 3.05) is 29.5 Å². The van der Waals surface area contributed by atoms with E-state index in [1.807, 2.05) is 38.6 Å². The number of aromatic nitrogens is 2. The summed E-state index contributed by atoms with van der Waals surface area (Å²) in [5.74, 6) is 2.64. The standard InChI is InChI=1S/C13H19N3O2S/c1-13(2,3)18-12(17)11-14-5-4-10(15-11)16-6-8-19-9-7-16/h4-5H,6-9H2,1-3H3. The van der Waals surface area contributed by atoms with E-state index < -0.39 is 11.6 Å². The number of thioether (sulfide) groups is 1. The third-order valence-electron chi connectivity index (χ3n) is 2.56. The summed E-state index contributed by atoms with van der Waals surface area (Å²) >= 11 is 1.94. The number of hydrogen-bond donors (Lipinski definition) is 0. The van der Waals surface area contributed by atoms with E-state index in [-0.39, 0.29) is 5.82 Å². The van der Waals surface area contributed by atoms with Gasteiger partial charge in [-0.1, -0.05) is 0 Å². The van der Waals surface area contributed by atoms with Crippen molar-refractivity contribution in [1.29, 1.82) is 0 Å². The molecule has 1 aliphatic heterocycles. The minimum Gasteiger partial charge on any atom is -0.454 e. The fraction of sp³-hybridized carbons (Fsp3) is 0.615. The van der Waals surface area contributed by atoms with E-state index in [0.717, 1.165) is 30.4 Å². The van der Waals surface area contributed by atoms with Crippen molar-refractivity contribution in [1.82, 2.24) is 9.97 Å². The van der Waals surface area contributed by atoms with Crippen LogP contribution in [0.15, 0.2) is 12.3 Å². The van der Waals surface area contributed by atoms with Gasteiger partial charge in [-0.05, 0) is 26.8 Å². The molecule has 0 bridgehead atoms. The SMILES string of the molecule is CC(C)(C)OC(=O)c1nccc(N2CCSCC2)n1. The Bertz CT molecular complexity index is 453. The van der Waals surface area contributed by atoms with Crippen LogP contribution in [0.25, 0.3) is 0 Å². The van der Waals surface area contributed by atoms with Crippen LogP contribution < -0.4 is 4.90 Å². The first kappa shape index (κ1) is 14.1. The molecule has 0 amide bonds. The van der Waals surface area contributed by atoms with Gasteiger partial charge in [0, 0.05) is 30.8 Å². The van der Waals surface area contributed by atoms with Crippen molar-refractivity contribution in [3.05, 3.63) is 18.1 Å². The first-order valence-corrected chi connectivity index (χ1v) is 7.50. The molecule has 0 N–H and O–H groups in total. The minimum atomic E-state index is -0.530. The lowest BCUT2D eigenvalue weighted by Crippen LogP contribution is -2.33. The van der Waals surface area contributed by atoms with Crippen LogP contribution in [0.2, 0.25) is 0 Å². The predicted molar refractivity (Wildman–Crippen MR) is 76.7 cm³/mol. The molecule has 2 heterocycles. The number of carbonyl (C=O) groups is 1. The van der Waals surface area contributed by atoms with Crippen molar-refractivity contribution >= 4 is 23.5 Å². The summed E-state index contributed by atoms with van der Waals surface area (Å²) in [6, 6.07) is 1.84. The Kier molecular flexibility index (Phi) is 4.29. The lowest BCUT2D eigenvalue weighted by Gasteiger charge is -2.27. The number of carbonyl (C=O) groups excluding carboxylic acids is 1. The van der Waals surface area contributed by atoms with E-state index in [4.69, 9.17) is 4.74 Å². The number of anilines is 1. The highest BCUT2D eigenvalue weighted by Crippen LogP contribution is 2.17. The molecule has 104 valence electrons. The van der Waals surface area contributed by atoms with Crippen LogP contribution in [0.5, 0.6) is 0 Å². The van der Waals surface area contributed by atoms with Crippen molar-refractivity contribution in [2.24, 2.45) is 0 Å². The third kappa shape index (κ3) is 4.09. The van der Waals surface area contributed by atoms with Gasteiger partial charge in [0.1, 0.15) is 11.4 Å². The van der Waals surface area contributed by atoms with E-state index in [0.29, 0.717) is 0 Å². The summed E-state index contributed by atoms with van der Waals surface area (Å²) in [5.41, 5.74) is -0.530. The van der Waals surface area contributed by atoms with Gasteiger partial charge in [-0.3, -0.25) is 0 Å². The van der Waals surface area contributed by atoms with Crippen LogP contribution in [-0.2, 0) is 4.74 Å². The fourth-order valence-electron chi connectivity index (χ4n) is 1.74. The average Bonchev–Trinajstić information content (AvgIpc) is 2.38. The minimum absolute atomic E-state index is 0.130. The summed E-state index contributed by atoms with van der Waals surface area (Å²) in [7, 11) is 0. The van der Waals surface area contributed by atoms with Crippen molar-refractivity contribution in [3.63, 3.8) is 0 Å². The zero-order valence-electron chi connectivity index (χ0n) is 11.5. The first-order valence-electron chi connectivity index (χ1n) is 6.35. The van der Waals surface area contributed by atoms with Crippen LogP contribution in [-0.4, -0.2) is 46.1 Å². The quantitative estimate of drug-likeness (QED) is 0.773. The van der Waals surface area contributed by atoms with Gasteiger partial charge in [-0.2, -0.15) is 11.8 Å². The van der Waals surface area contributed by atoms with E-state index in [9.17, 15) is 4.79 Å². The Morgan fingerprint density at radius 2 is 2.05 bits per heavy atom. The summed E-state index contributed by atoms with van der Waals surface area (Å²) in [6.07, 6.45) is 1.61. The van der Waals surface area contributed by atoms with E-state index >= 15 is 0 Å². The molecule has 0 spiro atoms. The molecule has 19 heavy (non-hydrogen) atoms. The highest BCUT2D eigenvalue weighted by molar-refractivity contribution is 7.99. The smallest absolute Gasteiger partial charge is 0.376 e. The van der Waals surface area contributed by atoms with Gasteiger partial charge < -0.3 is 9.64 Å². The number of esters is 1. The normalized spacial score (nSPS) is 16.3. The summed E-state index contributed by atoms with van der Waals surface area (Å²) in [6.45, 7) is 7.40. The monoisotopic (exact) mass is 281 g/mol. The Labute approximate surface area is 117 Å². The molecule has 5 nitrogen and oxygen atoms in total. The molecule has 0 aliphatic carbocycles. The second-order valence-corrected chi connectivity index (χ2v) is 6.56. The Hall–Kier alpha value is -1.30. The first-order chi connectivity index (χ1) is 8.96. The van der Waals surface area contributed by atoms with E-state index in [1.54, 1.807) is 6.20 Å². The second kappa shape index (κ2) is 5.77. The van der Waals surface area contributed by atoms with Crippen molar-refractivity contribution in [2.45, 2.75) is 26.4 Å². The molecule has 1 saturated heterocycles. The van der Waals surface area contributed by atoms with Gasteiger partial charge in [-0.15, -0.1) is 0 Å². The molecular formula is C13H19N3O2S. The zero-order chi connectivity index (χ0) is 13.9. The number of nitrogens with zero attached hydrogens (tertiary/aromatic N) is 3. The second-order valence-electron chi connectivity index (χ2n) is 5.34. The van der Waals surface area contributed by atoms with Gasteiger partial charge >= 0.3 is 5.97 Å². The third-order valence-corrected chi connectivity index (χ3v) is 3.50. The Morgan fingerprint density at radius 3 is 2.68 bits per heavy atom. The molecule has 1 aliphatic rings. The molecule has 0 unspecified atom stereocenters. The zero-order valence-corrected chi connectivity index (χ0v) is 12.4. The van der Waals surface area contributed by atoms with Gasteiger partial charge in [0.2, 0.25) is 5.82 Å². The van der Waals surface area contributed by atoms with Crippen molar-refractivity contribution < 1.29 is 9.53 Å². The fourth-order valence-corrected chi connectivity index (χ4v) is 2.64. The molecule has 0 aromatic carbocycles. The molecule has 0 radical (unpaired) electrons. The van der Waals surface area contributed by atoms with Crippen LogP contribution in [0.4, 0.5) is 5.82 Å². The Balaban J connectivity index is 2.12. The maximum atomic E-state index is 11.9. The molecule has 6 heteroatoms. The van der Waals surface area contributed by atoms with E-state index in [2.05, 4.69) is 14.9 Å². The topological polar surface area (TPSA) is 55.3 Å². The summed E-state index contributed by atoms with van der Waals surface area (Å²) in [4.78, 5) is 22.4. The molecule has 1 aromatic rings. The number of rotatable bonds is 2. The number of ether oxygens (including phenoxy) is 1. The highest BCUT2D eigenvalue weighted by Gasteiger charge is 2.21. The largest absolute Gasteiger partial charge is 0.454 e. The molecular weight excluding hydrogens is 262 g/mol. The van der Waals surface area contributed by atoms with Crippen LogP contribution in [0, 0.1) is 0 Å². The van der Waals surface area contributed by atoms with Gasteiger partial charge in [0.15, 0.2) is 0 Å². The summed E-state index contributed by atoms with van der Waals surface area (Å²) < 4.78 is 5.28. The molecule has 0 saturated carbocycles. The highest BCUT2D eigenvalue weighted by atomic mass is 32.2. The molecule has 1 aromatic heterocycles. The predicted octanol–water partition coefficient (Wildman–Crippen LogP) is 1.99. The van der Waals surface area contributed by atoms with Crippen LogP contribution in [0.3, 0.4) is 0 Å². The Morgan fingerprint density at radius 1 is 1.37 bits per heavy atom. The summed E-state index contributed by atoms with van der Waals surface area (Å²) in [5, 5.41) is 0. The lowest BCUT2D eigenvalue weighted by atomic mass is 10.2. The maximum Gasteiger partial charge on any atom is 0.376 e. The average molecular weight is 281 g/mol. The van der Waals surface area contributed by atoms with Gasteiger partial charge in [-0.25, -0.2) is 14.8 Å². The van der Waals surface area contributed by atoms with Gasteiger partial charge in [0.25, 0.3) is 0 Å². The lowest BCUT2D eigenvalue weighted by molar-refractivity contribution is 0.00556. The van der Waals surface area contributed by atoms with Crippen molar-refractivity contribution in [3.8, 4) is 0 Å². The molecule has 0 atom stereocenters. The van der Waals surface area contributed by atoms with Gasteiger partial charge in [0.05, 0.1) is 0 Å². The van der Waals surface area contributed by atoms with E-state index in [1.165, 1.54) is 0 Å². The number of hydrogen-bond acceptors (Lipinski definition) is 6.